The summed E-state index contributed by atoms with van der Waals surface area (Å²) < 4.78 is 17.4. The van der Waals surface area contributed by atoms with Gasteiger partial charge in [-0.05, 0) is 77.9 Å². The number of rotatable bonds is 9. The fraction of sp³-hybridized carbons (Fsp3) is 0.125. The number of aryl methyl sites for hydroxylation is 1. The fourth-order valence-electron chi connectivity index (χ4n) is 3.85. The van der Waals surface area contributed by atoms with Crippen LogP contribution in [0.25, 0.3) is 6.08 Å². The van der Waals surface area contributed by atoms with Crippen LogP contribution >= 0.6 is 11.8 Å². The number of hydrogen-bond acceptors (Lipinski definition) is 6. The van der Waals surface area contributed by atoms with Crippen molar-refractivity contribution in [3.8, 4) is 17.2 Å². The first-order valence-electron chi connectivity index (χ1n) is 12.5. The van der Waals surface area contributed by atoms with Crippen LogP contribution in [0.4, 0.5) is 5.69 Å². The first-order chi connectivity index (χ1) is 19.1. The summed E-state index contributed by atoms with van der Waals surface area (Å²) in [6.45, 7) is 2.88. The van der Waals surface area contributed by atoms with E-state index >= 15 is 0 Å². The summed E-state index contributed by atoms with van der Waals surface area (Å²) in [5.74, 6) is 1.91. The highest BCUT2D eigenvalue weighted by atomic mass is 32.2. The van der Waals surface area contributed by atoms with Crippen LogP contribution in [-0.4, -0.2) is 18.2 Å². The monoisotopic (exact) mass is 536 g/mol. The van der Waals surface area contributed by atoms with E-state index in [0.29, 0.717) is 34.8 Å². The largest absolute Gasteiger partial charge is 0.493 e. The lowest BCUT2D eigenvalue weighted by molar-refractivity contribution is -0.115. The van der Waals surface area contributed by atoms with Gasteiger partial charge in [0.05, 0.1) is 17.7 Å². The Kier molecular flexibility index (Phi) is 8.29. The van der Waals surface area contributed by atoms with Crippen molar-refractivity contribution in [2.45, 2.75) is 20.1 Å². The molecule has 0 radical (unpaired) electrons. The number of nitrogens with one attached hydrogen (secondary N) is 1. The Balaban J connectivity index is 1.17. The number of ether oxygens (including phenoxy) is 3. The van der Waals surface area contributed by atoms with E-state index in [1.165, 1.54) is 11.8 Å². The average Bonchev–Trinajstić information content (AvgIpc) is 3.31. The minimum absolute atomic E-state index is 0.156. The van der Waals surface area contributed by atoms with Crippen LogP contribution in [-0.2, 0) is 18.0 Å². The van der Waals surface area contributed by atoms with E-state index < -0.39 is 0 Å². The van der Waals surface area contributed by atoms with Crippen LogP contribution in [0.2, 0.25) is 0 Å². The van der Waals surface area contributed by atoms with E-state index in [9.17, 15) is 4.79 Å². The molecular formula is C32H28N2O4S. The molecule has 1 saturated heterocycles. The van der Waals surface area contributed by atoms with Gasteiger partial charge in [-0.2, -0.15) is 0 Å². The molecule has 196 valence electrons. The first kappa shape index (κ1) is 26.1. The molecule has 0 bridgehead atoms. The Morgan fingerprint density at radius 2 is 1.56 bits per heavy atom. The summed E-state index contributed by atoms with van der Waals surface area (Å²) in [5, 5.41) is 3.40. The summed E-state index contributed by atoms with van der Waals surface area (Å²) in [7, 11) is 1.63. The molecule has 0 saturated carbocycles. The maximum absolute atomic E-state index is 12.4. The quantitative estimate of drug-likeness (QED) is 0.232. The molecule has 6 nitrogen and oxygen atoms in total. The second kappa shape index (κ2) is 12.4. The minimum atomic E-state index is -0.156. The molecule has 7 heteroatoms. The van der Waals surface area contributed by atoms with Crippen LogP contribution in [0.5, 0.6) is 17.2 Å². The zero-order valence-corrected chi connectivity index (χ0v) is 22.5. The van der Waals surface area contributed by atoms with Gasteiger partial charge in [-0.3, -0.25) is 4.79 Å². The van der Waals surface area contributed by atoms with E-state index in [2.05, 4.69) is 10.3 Å². The van der Waals surface area contributed by atoms with Crippen molar-refractivity contribution in [3.63, 3.8) is 0 Å². The molecule has 4 aromatic carbocycles. The number of nitrogens with zero attached hydrogens (tertiary/aromatic N) is 1. The van der Waals surface area contributed by atoms with E-state index in [0.717, 1.165) is 33.7 Å². The van der Waals surface area contributed by atoms with Gasteiger partial charge < -0.3 is 19.5 Å². The molecule has 5 rings (SSSR count). The van der Waals surface area contributed by atoms with Crippen molar-refractivity contribution in [3.05, 3.63) is 124 Å². The molecular weight excluding hydrogens is 508 g/mol. The number of amides is 1. The molecule has 1 fully saturated rings. The normalized spacial score (nSPS) is 14.9. The molecule has 1 aliphatic rings. The molecule has 1 N–H and O–H groups in total. The zero-order chi connectivity index (χ0) is 27.0. The molecule has 0 atom stereocenters. The third-order valence-corrected chi connectivity index (χ3v) is 6.87. The van der Waals surface area contributed by atoms with E-state index in [-0.39, 0.29) is 5.91 Å². The van der Waals surface area contributed by atoms with Crippen molar-refractivity contribution in [1.29, 1.82) is 0 Å². The first-order valence-corrected chi connectivity index (χ1v) is 13.3. The molecule has 0 unspecified atom stereocenters. The van der Waals surface area contributed by atoms with Crippen LogP contribution in [0, 0.1) is 6.92 Å². The van der Waals surface area contributed by atoms with Gasteiger partial charge in [0, 0.05) is 0 Å². The third-order valence-electron chi connectivity index (χ3n) is 5.96. The Morgan fingerprint density at radius 3 is 2.31 bits per heavy atom. The Labute approximate surface area is 232 Å². The lowest BCUT2D eigenvalue weighted by atomic mass is 10.2. The van der Waals surface area contributed by atoms with Crippen LogP contribution in [0.3, 0.4) is 0 Å². The summed E-state index contributed by atoms with van der Waals surface area (Å²) in [6, 6.07) is 31.3. The lowest BCUT2D eigenvalue weighted by Gasteiger charge is -2.13. The number of benzene rings is 4. The highest BCUT2D eigenvalue weighted by molar-refractivity contribution is 8.18. The molecule has 1 amide bonds. The molecule has 0 aliphatic carbocycles. The molecule has 1 heterocycles. The van der Waals surface area contributed by atoms with Gasteiger partial charge in [0.15, 0.2) is 16.7 Å². The SMILES string of the molecule is COc1cc(COc2ccc(/C=C3/SC(=Nc4ccc(C)cc4)NC3=O)cc2)ccc1OCc1ccccc1. The molecule has 39 heavy (non-hydrogen) atoms. The number of methoxy groups -OCH3 is 1. The minimum Gasteiger partial charge on any atom is -0.493 e. The zero-order valence-electron chi connectivity index (χ0n) is 21.7. The van der Waals surface area contributed by atoms with Crippen LogP contribution in [0.1, 0.15) is 22.3 Å². The van der Waals surface area contributed by atoms with Crippen molar-refractivity contribution in [1.82, 2.24) is 5.32 Å². The smallest absolute Gasteiger partial charge is 0.264 e. The van der Waals surface area contributed by atoms with Gasteiger partial charge in [-0.15, -0.1) is 0 Å². The highest BCUT2D eigenvalue weighted by Gasteiger charge is 2.23. The van der Waals surface area contributed by atoms with Gasteiger partial charge in [-0.1, -0.05) is 66.2 Å². The van der Waals surface area contributed by atoms with Crippen molar-refractivity contribution in [2.24, 2.45) is 4.99 Å². The Morgan fingerprint density at radius 1 is 0.821 bits per heavy atom. The Hall–Kier alpha value is -4.49. The van der Waals surface area contributed by atoms with Gasteiger partial charge in [0.1, 0.15) is 19.0 Å². The number of hydrogen-bond donors (Lipinski definition) is 1. The fourth-order valence-corrected chi connectivity index (χ4v) is 4.69. The lowest BCUT2D eigenvalue weighted by Crippen LogP contribution is -2.19. The second-order valence-electron chi connectivity index (χ2n) is 8.93. The standard InChI is InChI=1S/C32H28N2O4S/c1-22-8-13-26(14-9-22)33-32-34-31(35)30(39-32)19-23-10-15-27(16-11-23)37-21-25-12-17-28(29(18-25)36-2)38-20-24-6-4-3-5-7-24/h3-19H,20-21H2,1-2H3,(H,33,34,35)/b30-19+. The average molecular weight is 537 g/mol. The second-order valence-corrected chi connectivity index (χ2v) is 9.97. The maximum atomic E-state index is 12.4. The van der Waals surface area contributed by atoms with Crippen molar-refractivity contribution < 1.29 is 19.0 Å². The number of thioether (sulfide) groups is 1. The number of carbonyl (C=O) groups excluding carboxylic acids is 1. The molecule has 4 aromatic rings. The highest BCUT2D eigenvalue weighted by Crippen LogP contribution is 2.30. The van der Waals surface area contributed by atoms with Gasteiger partial charge in [0.25, 0.3) is 5.91 Å². The molecule has 1 aliphatic heterocycles. The maximum Gasteiger partial charge on any atom is 0.264 e. The molecule has 0 aromatic heterocycles. The van der Waals surface area contributed by atoms with Crippen molar-refractivity contribution in [2.75, 3.05) is 7.11 Å². The number of aliphatic imine (C=N–C) groups is 1. The summed E-state index contributed by atoms with van der Waals surface area (Å²) in [4.78, 5) is 17.5. The number of carbonyl (C=O) groups is 1. The van der Waals surface area contributed by atoms with Gasteiger partial charge in [-0.25, -0.2) is 4.99 Å². The predicted octanol–water partition coefficient (Wildman–Crippen LogP) is 7.05. The summed E-state index contributed by atoms with van der Waals surface area (Å²) >= 11 is 1.33. The Bertz CT molecular complexity index is 1500. The van der Waals surface area contributed by atoms with Gasteiger partial charge in [0.2, 0.25) is 0 Å². The van der Waals surface area contributed by atoms with E-state index in [4.69, 9.17) is 14.2 Å². The molecule has 0 spiro atoms. The summed E-state index contributed by atoms with van der Waals surface area (Å²) in [5.41, 5.74) is 4.92. The van der Waals surface area contributed by atoms with Crippen LogP contribution < -0.4 is 19.5 Å². The van der Waals surface area contributed by atoms with Gasteiger partial charge >= 0.3 is 0 Å². The van der Waals surface area contributed by atoms with Crippen LogP contribution in [0.15, 0.2) is 107 Å². The topological polar surface area (TPSA) is 69.2 Å². The van der Waals surface area contributed by atoms with E-state index in [1.807, 2.05) is 110 Å². The predicted molar refractivity (Wildman–Crippen MR) is 157 cm³/mol. The van der Waals surface area contributed by atoms with E-state index in [1.54, 1.807) is 7.11 Å². The third kappa shape index (κ3) is 7.09. The summed E-state index contributed by atoms with van der Waals surface area (Å²) in [6.07, 6.45) is 1.85. The number of amidine groups is 1. The van der Waals surface area contributed by atoms with Crippen molar-refractivity contribution >= 4 is 34.6 Å².